The molecule has 1 atom stereocenters. The van der Waals surface area contributed by atoms with Crippen molar-refractivity contribution < 1.29 is 9.53 Å². The molecule has 4 rings (SSSR count). The molecule has 1 N–H and O–H groups in total. The lowest BCUT2D eigenvalue weighted by molar-refractivity contribution is -0.126. The van der Waals surface area contributed by atoms with Gasteiger partial charge in [-0.15, -0.1) is 0 Å². The van der Waals surface area contributed by atoms with E-state index in [0.717, 1.165) is 49.6 Å². The minimum atomic E-state index is 0.0490. The summed E-state index contributed by atoms with van der Waals surface area (Å²) in [6.07, 6.45) is 5.98. The number of para-hydroxylation sites is 1. The Hall–Kier alpha value is -2.63. The Morgan fingerprint density at radius 1 is 1.08 bits per heavy atom. The highest BCUT2D eigenvalue weighted by atomic mass is 16.5. The molecule has 0 radical (unpaired) electrons. The first-order valence-electron chi connectivity index (χ1n) is 8.85. The Bertz CT molecular complexity index is 729. The van der Waals surface area contributed by atoms with Crippen LogP contribution in [0.4, 0.5) is 5.95 Å². The smallest absolute Gasteiger partial charge is 0.225 e. The van der Waals surface area contributed by atoms with Gasteiger partial charge in [-0.1, -0.05) is 18.2 Å². The number of anilines is 1. The van der Waals surface area contributed by atoms with Crippen molar-refractivity contribution in [3.8, 4) is 5.75 Å². The van der Waals surface area contributed by atoms with E-state index in [9.17, 15) is 4.79 Å². The Morgan fingerprint density at radius 3 is 2.64 bits per heavy atom. The van der Waals surface area contributed by atoms with Crippen LogP contribution in [0.3, 0.4) is 0 Å². The summed E-state index contributed by atoms with van der Waals surface area (Å²) in [5.74, 6) is 1.83. The third kappa shape index (κ3) is 3.43. The molecule has 1 fully saturated rings. The number of hydrogen-bond acceptors (Lipinski definition) is 5. The van der Waals surface area contributed by atoms with Gasteiger partial charge in [-0.2, -0.15) is 0 Å². The standard InChI is InChI=1S/C19H22N4O2/c24-18(22-16-8-13-25-17-5-2-1-4-15(16)17)14-6-11-23(12-7-14)19-20-9-3-10-21-19/h1-5,9-10,14,16H,6-8,11-13H2,(H,22,24)/t16-/m0/s1. The SMILES string of the molecule is O=C(N[C@H]1CCOc2ccccc21)C1CCN(c2ncccn2)CC1. The summed E-state index contributed by atoms with van der Waals surface area (Å²) in [6, 6.07) is 9.82. The van der Waals surface area contributed by atoms with Crippen LogP contribution < -0.4 is 15.0 Å². The lowest BCUT2D eigenvalue weighted by atomic mass is 9.94. The van der Waals surface area contributed by atoms with Gasteiger partial charge in [-0.25, -0.2) is 9.97 Å². The average Bonchev–Trinajstić information content (AvgIpc) is 2.69. The predicted molar refractivity (Wildman–Crippen MR) is 94.4 cm³/mol. The number of carbonyl (C=O) groups is 1. The predicted octanol–water partition coefficient (Wildman–Crippen LogP) is 2.33. The molecule has 6 heteroatoms. The summed E-state index contributed by atoms with van der Waals surface area (Å²) in [4.78, 5) is 23.4. The molecule has 0 bridgehead atoms. The fourth-order valence-corrected chi connectivity index (χ4v) is 3.58. The average molecular weight is 338 g/mol. The zero-order valence-corrected chi connectivity index (χ0v) is 14.1. The number of benzene rings is 1. The van der Waals surface area contributed by atoms with Gasteiger partial charge in [0.2, 0.25) is 11.9 Å². The number of aromatic nitrogens is 2. The van der Waals surface area contributed by atoms with Crippen LogP contribution in [-0.2, 0) is 4.79 Å². The molecule has 6 nitrogen and oxygen atoms in total. The Labute approximate surface area is 147 Å². The maximum Gasteiger partial charge on any atom is 0.225 e. The van der Waals surface area contributed by atoms with Crippen molar-refractivity contribution >= 4 is 11.9 Å². The number of piperidine rings is 1. The van der Waals surface area contributed by atoms with Gasteiger partial charge in [0.1, 0.15) is 5.75 Å². The van der Waals surface area contributed by atoms with Crippen LogP contribution in [0.25, 0.3) is 0 Å². The molecule has 130 valence electrons. The lowest BCUT2D eigenvalue weighted by Gasteiger charge is -2.33. The summed E-state index contributed by atoms with van der Waals surface area (Å²) >= 11 is 0. The van der Waals surface area contributed by atoms with E-state index in [-0.39, 0.29) is 17.9 Å². The third-order valence-electron chi connectivity index (χ3n) is 4.98. The van der Waals surface area contributed by atoms with Crippen LogP contribution in [-0.4, -0.2) is 35.6 Å². The minimum Gasteiger partial charge on any atom is -0.493 e. The first-order valence-corrected chi connectivity index (χ1v) is 8.85. The molecule has 2 aliphatic rings. The van der Waals surface area contributed by atoms with Crippen LogP contribution in [0.5, 0.6) is 5.75 Å². The first-order chi connectivity index (χ1) is 12.3. The highest BCUT2D eigenvalue weighted by Crippen LogP contribution is 2.32. The van der Waals surface area contributed by atoms with Crippen LogP contribution in [0.15, 0.2) is 42.7 Å². The summed E-state index contributed by atoms with van der Waals surface area (Å²) in [7, 11) is 0. The maximum atomic E-state index is 12.7. The van der Waals surface area contributed by atoms with Crippen molar-refractivity contribution in [3.63, 3.8) is 0 Å². The molecule has 1 aromatic carbocycles. The van der Waals surface area contributed by atoms with Gasteiger partial charge in [-0.05, 0) is 25.0 Å². The second-order valence-corrected chi connectivity index (χ2v) is 6.55. The van der Waals surface area contributed by atoms with Crippen LogP contribution in [0, 0.1) is 5.92 Å². The van der Waals surface area contributed by atoms with E-state index in [2.05, 4.69) is 20.2 Å². The molecule has 0 unspecified atom stereocenters. The molecule has 3 heterocycles. The molecule has 2 aliphatic heterocycles. The highest BCUT2D eigenvalue weighted by Gasteiger charge is 2.29. The van der Waals surface area contributed by atoms with Gasteiger partial charge in [0, 0.05) is 43.4 Å². The number of nitrogens with one attached hydrogen (secondary N) is 1. The van der Waals surface area contributed by atoms with Crippen molar-refractivity contribution in [2.24, 2.45) is 5.92 Å². The highest BCUT2D eigenvalue weighted by molar-refractivity contribution is 5.79. The summed E-state index contributed by atoms with van der Waals surface area (Å²) in [6.45, 7) is 2.27. The van der Waals surface area contributed by atoms with E-state index in [0.29, 0.717) is 6.61 Å². The zero-order valence-electron chi connectivity index (χ0n) is 14.1. The van der Waals surface area contributed by atoms with Gasteiger partial charge < -0.3 is 15.0 Å². The summed E-state index contributed by atoms with van der Waals surface area (Å²) < 4.78 is 5.67. The number of amides is 1. The van der Waals surface area contributed by atoms with Gasteiger partial charge in [0.25, 0.3) is 0 Å². The van der Waals surface area contributed by atoms with Crippen LogP contribution in [0.1, 0.15) is 30.9 Å². The van der Waals surface area contributed by atoms with Crippen molar-refractivity contribution in [3.05, 3.63) is 48.3 Å². The van der Waals surface area contributed by atoms with E-state index in [4.69, 9.17) is 4.74 Å². The molecule has 25 heavy (non-hydrogen) atoms. The molecular formula is C19H22N4O2. The molecule has 1 saturated heterocycles. The topological polar surface area (TPSA) is 67.3 Å². The monoisotopic (exact) mass is 338 g/mol. The van der Waals surface area contributed by atoms with Crippen molar-refractivity contribution in [2.75, 3.05) is 24.6 Å². The summed E-state index contributed by atoms with van der Waals surface area (Å²) in [5, 5.41) is 3.23. The molecule has 2 aromatic rings. The lowest BCUT2D eigenvalue weighted by Crippen LogP contribution is -2.42. The third-order valence-corrected chi connectivity index (χ3v) is 4.98. The van der Waals surface area contributed by atoms with Crippen LogP contribution in [0.2, 0.25) is 0 Å². The van der Waals surface area contributed by atoms with E-state index in [1.807, 2.05) is 30.3 Å². The largest absolute Gasteiger partial charge is 0.493 e. The van der Waals surface area contributed by atoms with Crippen molar-refractivity contribution in [2.45, 2.75) is 25.3 Å². The van der Waals surface area contributed by atoms with Crippen molar-refractivity contribution in [1.82, 2.24) is 15.3 Å². The Kier molecular flexibility index (Phi) is 4.50. The van der Waals surface area contributed by atoms with Crippen molar-refractivity contribution in [1.29, 1.82) is 0 Å². The molecule has 0 spiro atoms. The number of carbonyl (C=O) groups excluding carboxylic acids is 1. The van der Waals surface area contributed by atoms with E-state index < -0.39 is 0 Å². The summed E-state index contributed by atoms with van der Waals surface area (Å²) in [5.41, 5.74) is 1.08. The molecule has 0 aliphatic carbocycles. The van der Waals surface area contributed by atoms with E-state index in [1.165, 1.54) is 0 Å². The number of hydrogen-bond donors (Lipinski definition) is 1. The molecule has 1 aromatic heterocycles. The molecule has 1 amide bonds. The van der Waals surface area contributed by atoms with E-state index >= 15 is 0 Å². The van der Waals surface area contributed by atoms with E-state index in [1.54, 1.807) is 12.4 Å². The molecule has 0 saturated carbocycles. The normalized spacial score (nSPS) is 20.5. The fraction of sp³-hybridized carbons (Fsp3) is 0.421. The van der Waals surface area contributed by atoms with Gasteiger partial charge in [-0.3, -0.25) is 4.79 Å². The Morgan fingerprint density at radius 2 is 1.84 bits per heavy atom. The van der Waals surface area contributed by atoms with Gasteiger partial charge in [0.05, 0.1) is 12.6 Å². The zero-order chi connectivity index (χ0) is 17.1. The number of fused-ring (bicyclic) bond motifs is 1. The Balaban J connectivity index is 1.36. The fourth-order valence-electron chi connectivity index (χ4n) is 3.58. The number of ether oxygens (including phenoxy) is 1. The maximum absolute atomic E-state index is 12.7. The second-order valence-electron chi connectivity index (χ2n) is 6.55. The van der Waals surface area contributed by atoms with Crippen LogP contribution >= 0.6 is 0 Å². The quantitative estimate of drug-likeness (QED) is 0.930. The molecular weight excluding hydrogens is 316 g/mol. The minimum absolute atomic E-state index is 0.0490. The number of rotatable bonds is 3. The second kappa shape index (κ2) is 7.09. The van der Waals surface area contributed by atoms with Gasteiger partial charge in [0.15, 0.2) is 0 Å². The number of nitrogens with zero attached hydrogens (tertiary/aromatic N) is 3. The van der Waals surface area contributed by atoms with Gasteiger partial charge >= 0.3 is 0 Å². The first kappa shape index (κ1) is 15.9.